The first-order valence-electron chi connectivity index (χ1n) is 22.5. The van der Waals surface area contributed by atoms with E-state index in [1.165, 1.54) is 72.6 Å². The lowest BCUT2D eigenvalue weighted by Gasteiger charge is -2.44. The van der Waals surface area contributed by atoms with E-state index in [1.807, 2.05) is 0 Å². The fraction of sp³-hybridized carbons (Fsp3) is 0.529. The molecule has 1 N–H and O–H groups in total. The number of likely N-dealkylation sites (tertiary alicyclic amines) is 1. The van der Waals surface area contributed by atoms with Crippen molar-refractivity contribution in [3.8, 4) is 0 Å². The Bertz CT molecular complexity index is 2190. The van der Waals surface area contributed by atoms with Crippen molar-refractivity contribution in [3.05, 3.63) is 127 Å². The van der Waals surface area contributed by atoms with Crippen LogP contribution in [0.2, 0.25) is 0 Å². The number of nitrogens with one attached hydrogen (secondary N) is 1. The molecular weight excluding hydrogens is 764 g/mol. The van der Waals surface area contributed by atoms with E-state index in [2.05, 4.69) is 154 Å². The lowest BCUT2D eigenvalue weighted by Crippen LogP contribution is -2.53. The lowest BCUT2D eigenvalue weighted by atomic mass is 9.81. The number of likely N-dealkylation sites (N-methyl/N-ethyl adjacent to an activating group) is 2. The van der Waals surface area contributed by atoms with Gasteiger partial charge in [0.1, 0.15) is 0 Å². The number of halogens is 1. The number of aryl methyl sites for hydroxylation is 6. The van der Waals surface area contributed by atoms with Crippen molar-refractivity contribution >= 4 is 24.5 Å². The number of urea groups is 2. The Kier molecular flexibility index (Phi) is 12.4. The number of benzene rings is 3. The van der Waals surface area contributed by atoms with Crippen LogP contribution in [0.5, 0.6) is 0 Å². The van der Waals surface area contributed by atoms with Gasteiger partial charge in [-0.1, -0.05) is 90.7 Å². The van der Waals surface area contributed by atoms with Gasteiger partial charge in [0.15, 0.2) is 0 Å². The van der Waals surface area contributed by atoms with E-state index in [-0.39, 0.29) is 35.5 Å². The van der Waals surface area contributed by atoms with Gasteiger partial charge in [0.25, 0.3) is 0 Å². The van der Waals surface area contributed by atoms with Crippen molar-refractivity contribution in [2.75, 3.05) is 39.3 Å². The number of hydrogen-bond acceptors (Lipinski definition) is 4. The van der Waals surface area contributed by atoms with Crippen LogP contribution in [0.15, 0.2) is 66.0 Å². The molecule has 2 atom stereocenters. The molecule has 3 aromatic rings. The smallest absolute Gasteiger partial charge is 0.317 e. The highest BCUT2D eigenvalue weighted by atomic mass is 35.5. The summed E-state index contributed by atoms with van der Waals surface area (Å²) in [6, 6.07) is 16.4. The van der Waals surface area contributed by atoms with Crippen LogP contribution in [-0.2, 0) is 19.6 Å². The summed E-state index contributed by atoms with van der Waals surface area (Å²) in [7, 11) is 0. The Balaban J connectivity index is 0.000000187. The molecule has 4 fully saturated rings. The van der Waals surface area contributed by atoms with Gasteiger partial charge in [-0.05, 0) is 133 Å². The molecule has 9 rings (SSSR count). The number of rotatable bonds is 4. The molecule has 0 radical (unpaired) electrons. The SMILES string of the molecule is CCN1C(=O)N2Cc3cc(C)cc(C)c3C(C)C=C2C12CCN(Cc1cc(C)cc(C)c1)CC2.CCN1C(=O)N2Cc3cc(C)cc(C)c3C(C)C=C2C12CCNCC2.Cl. The van der Waals surface area contributed by atoms with E-state index in [0.29, 0.717) is 24.9 Å². The van der Waals surface area contributed by atoms with Crippen LogP contribution in [0, 0.1) is 41.5 Å². The topological polar surface area (TPSA) is 62.4 Å². The molecule has 6 heterocycles. The quantitative estimate of drug-likeness (QED) is 0.285. The maximum Gasteiger partial charge on any atom is 0.325 e. The summed E-state index contributed by atoms with van der Waals surface area (Å²) in [6.07, 6.45) is 8.82. The number of allylic oxidation sites excluding steroid dienone is 2. The molecule has 6 aliphatic rings. The molecule has 0 aliphatic carbocycles. The monoisotopic (exact) mass is 833 g/mol. The van der Waals surface area contributed by atoms with Gasteiger partial charge in [0.2, 0.25) is 0 Å². The standard InChI is InChI=1S/C30H39N3O.C21H29N3O.ClH/c1-7-33-29(34)32-19-26-16-22(4)13-23(5)28(26)24(6)17-27(32)30(33)8-10-31(11-9-30)18-25-14-20(2)12-21(3)15-25;1-5-24-20(25)23-13-17-11-14(2)10-15(3)19(17)16(4)12-18(23)21(24)6-8-22-9-7-21;/h12-17,24H,7-11,18-19H2,1-6H3;10-12,16,22H,5-9,13H2,1-4H3;1H. The predicted octanol–water partition coefficient (Wildman–Crippen LogP) is 10.3. The number of amides is 4. The fourth-order valence-corrected chi connectivity index (χ4v) is 12.4. The van der Waals surface area contributed by atoms with E-state index >= 15 is 0 Å². The minimum Gasteiger partial charge on any atom is -0.317 e. The molecular formula is C51H69ClN6O2. The zero-order chi connectivity index (χ0) is 42.0. The second kappa shape index (κ2) is 17.0. The molecule has 4 saturated heterocycles. The van der Waals surface area contributed by atoms with Crippen LogP contribution in [0.25, 0.3) is 0 Å². The summed E-state index contributed by atoms with van der Waals surface area (Å²) >= 11 is 0. The van der Waals surface area contributed by atoms with Crippen LogP contribution in [0.3, 0.4) is 0 Å². The van der Waals surface area contributed by atoms with Gasteiger partial charge in [-0.15, -0.1) is 12.4 Å². The minimum atomic E-state index is -0.176. The predicted molar refractivity (Wildman–Crippen MR) is 247 cm³/mol. The lowest BCUT2D eigenvalue weighted by molar-refractivity contribution is 0.0888. The summed E-state index contributed by atoms with van der Waals surface area (Å²) < 4.78 is 0. The number of nitrogens with zero attached hydrogens (tertiary/aromatic N) is 5. The minimum absolute atomic E-state index is 0. The first-order valence-corrected chi connectivity index (χ1v) is 22.5. The second-order valence-corrected chi connectivity index (χ2v) is 18.8. The highest BCUT2D eigenvalue weighted by molar-refractivity contribution is 5.85. The zero-order valence-corrected chi connectivity index (χ0v) is 38.8. The molecule has 0 aromatic heterocycles. The summed E-state index contributed by atoms with van der Waals surface area (Å²) in [5.41, 5.74) is 17.0. The molecule has 9 heteroatoms. The number of hydrogen-bond donors (Lipinski definition) is 1. The van der Waals surface area contributed by atoms with Crippen molar-refractivity contribution in [2.45, 2.75) is 137 Å². The average molecular weight is 834 g/mol. The zero-order valence-electron chi connectivity index (χ0n) is 38.0. The normalized spacial score (nSPS) is 22.8. The van der Waals surface area contributed by atoms with Gasteiger partial charge in [0, 0.05) is 56.0 Å². The average Bonchev–Trinajstić information content (AvgIpc) is 3.33. The van der Waals surface area contributed by atoms with Gasteiger partial charge in [-0.3, -0.25) is 14.7 Å². The van der Waals surface area contributed by atoms with Gasteiger partial charge < -0.3 is 15.1 Å². The maximum absolute atomic E-state index is 13.7. The second-order valence-electron chi connectivity index (χ2n) is 18.8. The molecule has 8 nitrogen and oxygen atoms in total. The molecule has 0 saturated carbocycles. The Morgan fingerprint density at radius 3 is 1.45 bits per heavy atom. The molecule has 2 unspecified atom stereocenters. The third-order valence-corrected chi connectivity index (χ3v) is 14.5. The summed E-state index contributed by atoms with van der Waals surface area (Å²) in [6.45, 7) is 29.9. The third-order valence-electron chi connectivity index (χ3n) is 14.5. The van der Waals surface area contributed by atoms with Crippen LogP contribution >= 0.6 is 12.4 Å². The number of carbonyl (C=O) groups is 2. The van der Waals surface area contributed by atoms with Crippen LogP contribution in [0.1, 0.15) is 126 Å². The molecule has 322 valence electrons. The van der Waals surface area contributed by atoms with Gasteiger partial charge in [0.05, 0.1) is 24.2 Å². The van der Waals surface area contributed by atoms with Crippen molar-refractivity contribution in [1.82, 2.24) is 29.8 Å². The maximum atomic E-state index is 13.7. The van der Waals surface area contributed by atoms with Gasteiger partial charge in [-0.25, -0.2) is 9.59 Å². The Hall–Kier alpha value is -4.11. The van der Waals surface area contributed by atoms with Crippen molar-refractivity contribution in [3.63, 3.8) is 0 Å². The van der Waals surface area contributed by atoms with E-state index in [4.69, 9.17) is 0 Å². The van der Waals surface area contributed by atoms with Crippen molar-refractivity contribution in [2.24, 2.45) is 0 Å². The summed E-state index contributed by atoms with van der Waals surface area (Å²) in [5.74, 6) is 0.650. The molecule has 60 heavy (non-hydrogen) atoms. The van der Waals surface area contributed by atoms with Crippen molar-refractivity contribution < 1.29 is 9.59 Å². The largest absolute Gasteiger partial charge is 0.325 e. The molecule has 2 spiro atoms. The fourth-order valence-electron chi connectivity index (χ4n) is 12.4. The number of carbonyl (C=O) groups excluding carboxylic acids is 2. The van der Waals surface area contributed by atoms with E-state index in [1.54, 1.807) is 0 Å². The van der Waals surface area contributed by atoms with Gasteiger partial charge >= 0.3 is 12.1 Å². The van der Waals surface area contributed by atoms with Crippen molar-refractivity contribution in [1.29, 1.82) is 0 Å². The summed E-state index contributed by atoms with van der Waals surface area (Å²) in [4.78, 5) is 38.0. The summed E-state index contributed by atoms with van der Waals surface area (Å²) in [5, 5.41) is 3.47. The first-order chi connectivity index (χ1) is 28.2. The number of piperidine rings is 2. The van der Waals surface area contributed by atoms with E-state index in [0.717, 1.165) is 71.5 Å². The van der Waals surface area contributed by atoms with Crippen LogP contribution < -0.4 is 5.32 Å². The Morgan fingerprint density at radius 2 is 1.02 bits per heavy atom. The molecule has 0 bridgehead atoms. The highest BCUT2D eigenvalue weighted by Crippen LogP contribution is 2.49. The third kappa shape index (κ3) is 7.49. The molecule has 6 aliphatic heterocycles. The van der Waals surface area contributed by atoms with Crippen LogP contribution in [-0.4, -0.2) is 86.9 Å². The van der Waals surface area contributed by atoms with E-state index < -0.39 is 0 Å². The molecule has 4 amide bonds. The Morgan fingerprint density at radius 1 is 0.600 bits per heavy atom. The highest BCUT2D eigenvalue weighted by Gasteiger charge is 2.55. The van der Waals surface area contributed by atoms with Crippen LogP contribution in [0.4, 0.5) is 9.59 Å². The van der Waals surface area contributed by atoms with E-state index in [9.17, 15) is 9.59 Å². The molecule has 3 aromatic carbocycles. The first kappa shape index (κ1) is 44.0. The number of fused-ring (bicyclic) bond motifs is 6. The Labute approximate surface area is 366 Å². The van der Waals surface area contributed by atoms with Gasteiger partial charge in [-0.2, -0.15) is 0 Å².